The fourth-order valence-electron chi connectivity index (χ4n) is 1.36. The Hall–Kier alpha value is -1.04. The third-order valence-electron chi connectivity index (χ3n) is 2.14. The van der Waals surface area contributed by atoms with Crippen LogP contribution in [0, 0.1) is 0 Å². The summed E-state index contributed by atoms with van der Waals surface area (Å²) in [6.45, 7) is 4.44. The molecule has 0 saturated heterocycles. The molecule has 0 bridgehead atoms. The molecule has 0 heterocycles. The van der Waals surface area contributed by atoms with Gasteiger partial charge in [0.15, 0.2) is 0 Å². The van der Waals surface area contributed by atoms with E-state index in [-0.39, 0.29) is 0 Å². The van der Waals surface area contributed by atoms with Gasteiger partial charge in [0, 0.05) is 0 Å². The number of hydrogen-bond acceptors (Lipinski definition) is 0. The Morgan fingerprint density at radius 1 is 1.23 bits per heavy atom. The number of hydrogen-bond donors (Lipinski definition) is 0. The first kappa shape index (κ1) is 10.0. The molecule has 0 saturated carbocycles. The predicted octanol–water partition coefficient (Wildman–Crippen LogP) is 4.28. The molecule has 0 unspecified atom stereocenters. The lowest BCUT2D eigenvalue weighted by atomic mass is 10.1. The van der Waals surface area contributed by atoms with Gasteiger partial charge in [0.25, 0.3) is 0 Å². The van der Waals surface area contributed by atoms with Crippen molar-refractivity contribution in [2.75, 3.05) is 0 Å². The van der Waals surface area contributed by atoms with Crippen molar-refractivity contribution in [1.29, 1.82) is 0 Å². The summed E-state index contributed by atoms with van der Waals surface area (Å²) >= 11 is 0. The second-order valence-corrected chi connectivity index (χ2v) is 3.50. The van der Waals surface area contributed by atoms with Gasteiger partial charge in [-0.3, -0.25) is 0 Å². The van der Waals surface area contributed by atoms with Gasteiger partial charge < -0.3 is 0 Å². The normalized spacial score (nSPS) is 11.7. The molecule has 1 aromatic rings. The van der Waals surface area contributed by atoms with Gasteiger partial charge in [-0.15, -0.1) is 0 Å². The number of rotatable bonds is 4. The maximum atomic E-state index is 2.27. The highest BCUT2D eigenvalue weighted by atomic mass is 14.0. The van der Waals surface area contributed by atoms with Crippen LogP contribution >= 0.6 is 0 Å². The molecule has 0 aliphatic rings. The lowest BCUT2D eigenvalue weighted by Gasteiger charge is -1.99. The topological polar surface area (TPSA) is 0 Å². The zero-order valence-electron chi connectivity index (χ0n) is 8.59. The smallest absolute Gasteiger partial charge is 0.0257 e. The molecule has 0 heteroatoms. The number of benzene rings is 1. The zero-order valence-corrected chi connectivity index (χ0v) is 8.59. The van der Waals surface area contributed by atoms with Crippen molar-refractivity contribution < 1.29 is 0 Å². The lowest BCUT2D eigenvalue weighted by molar-refractivity contribution is 0.790. The van der Waals surface area contributed by atoms with Crippen LogP contribution in [-0.2, 0) is 0 Å². The Morgan fingerprint density at radius 3 is 2.54 bits per heavy atom. The van der Waals surface area contributed by atoms with E-state index in [4.69, 9.17) is 0 Å². The van der Waals surface area contributed by atoms with Crippen LogP contribution in [0.5, 0.6) is 0 Å². The van der Waals surface area contributed by atoms with Crippen molar-refractivity contribution in [3.05, 3.63) is 41.5 Å². The van der Waals surface area contributed by atoms with E-state index in [9.17, 15) is 0 Å². The van der Waals surface area contributed by atoms with Crippen molar-refractivity contribution in [3.63, 3.8) is 0 Å². The molecule has 0 spiro atoms. The molecule has 0 radical (unpaired) electrons. The molecule has 0 aliphatic carbocycles. The number of unbranched alkanes of at least 4 members (excludes halogenated alkanes) is 1. The first-order valence-corrected chi connectivity index (χ1v) is 5.05. The lowest BCUT2D eigenvalue weighted by Crippen LogP contribution is -1.78. The molecule has 0 nitrogen and oxygen atoms in total. The number of allylic oxidation sites excluding steroid dienone is 1. The third-order valence-corrected chi connectivity index (χ3v) is 2.14. The average Bonchev–Trinajstić information content (AvgIpc) is 2.16. The Kier molecular flexibility index (Phi) is 4.31. The van der Waals surface area contributed by atoms with E-state index in [2.05, 4.69) is 50.3 Å². The van der Waals surface area contributed by atoms with Crippen molar-refractivity contribution in [3.8, 4) is 0 Å². The van der Waals surface area contributed by atoms with Crippen LogP contribution in [0.3, 0.4) is 0 Å². The van der Waals surface area contributed by atoms with Crippen molar-refractivity contribution >= 4 is 6.08 Å². The van der Waals surface area contributed by atoms with Crippen LogP contribution in [0.1, 0.15) is 38.7 Å². The average molecular weight is 174 g/mol. The van der Waals surface area contributed by atoms with Gasteiger partial charge in [-0.05, 0) is 25.3 Å². The first-order chi connectivity index (χ1) is 6.33. The van der Waals surface area contributed by atoms with Gasteiger partial charge in [-0.25, -0.2) is 0 Å². The van der Waals surface area contributed by atoms with Crippen LogP contribution in [0.15, 0.2) is 35.9 Å². The molecule has 1 rings (SSSR count). The van der Waals surface area contributed by atoms with Crippen molar-refractivity contribution in [2.45, 2.75) is 33.1 Å². The van der Waals surface area contributed by atoms with Gasteiger partial charge in [-0.2, -0.15) is 0 Å². The molecule has 0 N–H and O–H groups in total. The Bertz CT molecular complexity index is 257. The van der Waals surface area contributed by atoms with Crippen molar-refractivity contribution in [2.24, 2.45) is 0 Å². The van der Waals surface area contributed by atoms with E-state index < -0.39 is 0 Å². The molecule has 0 atom stereocenters. The summed E-state index contributed by atoms with van der Waals surface area (Å²) in [5.74, 6) is 0. The first-order valence-electron chi connectivity index (χ1n) is 5.05. The highest BCUT2D eigenvalue weighted by molar-refractivity contribution is 5.51. The maximum Gasteiger partial charge on any atom is -0.0257 e. The van der Waals surface area contributed by atoms with E-state index in [1.54, 1.807) is 0 Å². The fourth-order valence-corrected chi connectivity index (χ4v) is 1.36. The van der Waals surface area contributed by atoms with Crippen LogP contribution in [0.25, 0.3) is 6.08 Å². The SMILES string of the molecule is CCCC/C(C)=C/c1ccccc1. The second-order valence-electron chi connectivity index (χ2n) is 3.50. The minimum Gasteiger partial charge on any atom is -0.0727 e. The summed E-state index contributed by atoms with van der Waals surface area (Å²) in [6, 6.07) is 10.5. The van der Waals surface area contributed by atoms with Crippen LogP contribution in [-0.4, -0.2) is 0 Å². The van der Waals surface area contributed by atoms with Gasteiger partial charge in [-0.1, -0.05) is 55.3 Å². The van der Waals surface area contributed by atoms with E-state index in [0.717, 1.165) is 0 Å². The van der Waals surface area contributed by atoms with E-state index in [1.165, 1.54) is 30.4 Å². The molecule has 0 aromatic heterocycles. The molecule has 0 fully saturated rings. The predicted molar refractivity (Wildman–Crippen MR) is 59.6 cm³/mol. The van der Waals surface area contributed by atoms with E-state index in [0.29, 0.717) is 0 Å². The monoisotopic (exact) mass is 174 g/mol. The van der Waals surface area contributed by atoms with Crippen LogP contribution in [0.4, 0.5) is 0 Å². The Labute approximate surface area is 81.3 Å². The molecule has 0 amide bonds. The van der Waals surface area contributed by atoms with Gasteiger partial charge in [0.2, 0.25) is 0 Å². The highest BCUT2D eigenvalue weighted by Crippen LogP contribution is 2.11. The van der Waals surface area contributed by atoms with Crippen molar-refractivity contribution in [1.82, 2.24) is 0 Å². The van der Waals surface area contributed by atoms with Crippen LogP contribution in [0.2, 0.25) is 0 Å². The summed E-state index contributed by atoms with van der Waals surface area (Å²) < 4.78 is 0. The van der Waals surface area contributed by atoms with Gasteiger partial charge in [0.05, 0.1) is 0 Å². The summed E-state index contributed by atoms with van der Waals surface area (Å²) in [7, 11) is 0. The largest absolute Gasteiger partial charge is 0.0727 e. The molecule has 0 aliphatic heterocycles. The minimum absolute atomic E-state index is 1.23. The van der Waals surface area contributed by atoms with Gasteiger partial charge in [0.1, 0.15) is 0 Å². The highest BCUT2D eigenvalue weighted by Gasteiger charge is 1.90. The minimum atomic E-state index is 1.23. The Balaban J connectivity index is 2.55. The second kappa shape index (κ2) is 5.58. The van der Waals surface area contributed by atoms with E-state index in [1.807, 2.05) is 0 Å². The standard InChI is InChI=1S/C13H18/c1-3-4-8-12(2)11-13-9-6-5-7-10-13/h5-7,9-11H,3-4,8H2,1-2H3/b12-11+. The zero-order chi connectivity index (χ0) is 9.52. The maximum absolute atomic E-state index is 2.27. The fraction of sp³-hybridized carbons (Fsp3) is 0.385. The summed E-state index contributed by atoms with van der Waals surface area (Å²) in [5.41, 5.74) is 2.80. The molecule has 13 heavy (non-hydrogen) atoms. The molecular weight excluding hydrogens is 156 g/mol. The molecule has 70 valence electrons. The summed E-state index contributed by atoms with van der Waals surface area (Å²) in [6.07, 6.45) is 6.08. The third kappa shape index (κ3) is 3.93. The van der Waals surface area contributed by atoms with E-state index >= 15 is 0 Å². The van der Waals surface area contributed by atoms with Gasteiger partial charge >= 0.3 is 0 Å². The van der Waals surface area contributed by atoms with Crippen LogP contribution < -0.4 is 0 Å². The quantitative estimate of drug-likeness (QED) is 0.639. The molecule has 1 aromatic carbocycles. The molecular formula is C13H18. The Morgan fingerprint density at radius 2 is 1.92 bits per heavy atom. The summed E-state index contributed by atoms with van der Waals surface area (Å²) in [4.78, 5) is 0. The summed E-state index contributed by atoms with van der Waals surface area (Å²) in [5, 5.41) is 0.